The minimum Gasteiger partial charge on any atom is -0.353 e. The van der Waals surface area contributed by atoms with Gasteiger partial charge in [0, 0.05) is 44.8 Å². The number of carbonyl (C=O) groups excluding carboxylic acids is 1. The van der Waals surface area contributed by atoms with Gasteiger partial charge in [0.25, 0.3) is 0 Å². The Kier molecular flexibility index (Phi) is 5.48. The van der Waals surface area contributed by atoms with E-state index in [1.165, 1.54) is 5.56 Å². The fraction of sp³-hybridized carbons (Fsp3) is 0.421. The highest BCUT2D eigenvalue weighted by Crippen LogP contribution is 2.22. The lowest BCUT2D eigenvalue weighted by molar-refractivity contribution is -0.118. The van der Waals surface area contributed by atoms with Crippen LogP contribution in [0.2, 0.25) is 0 Å². The molecule has 2 heterocycles. The predicted molar refractivity (Wildman–Crippen MR) is 99.6 cm³/mol. The maximum atomic E-state index is 10.9. The fourth-order valence-electron chi connectivity index (χ4n) is 3.03. The molecule has 0 bridgehead atoms. The molecule has 25 heavy (non-hydrogen) atoms. The lowest BCUT2D eigenvalue weighted by Gasteiger charge is -2.34. The maximum Gasteiger partial charge on any atom is 0.209 e. The summed E-state index contributed by atoms with van der Waals surface area (Å²) in [4.78, 5) is 26.1. The van der Waals surface area contributed by atoms with Gasteiger partial charge in [-0.05, 0) is 19.4 Å². The number of nitrogens with zero attached hydrogens (tertiary/aromatic N) is 5. The van der Waals surface area contributed by atoms with Crippen molar-refractivity contribution in [1.29, 1.82) is 0 Å². The van der Waals surface area contributed by atoms with E-state index < -0.39 is 0 Å². The van der Waals surface area contributed by atoms with Crippen LogP contribution in [-0.4, -0.2) is 53.5 Å². The third-order valence-corrected chi connectivity index (χ3v) is 4.54. The second-order valence-corrected chi connectivity index (χ2v) is 6.57. The number of amides is 1. The van der Waals surface area contributed by atoms with Crippen LogP contribution in [0.5, 0.6) is 0 Å². The molecule has 1 amide bonds. The van der Waals surface area contributed by atoms with Gasteiger partial charge in [-0.3, -0.25) is 4.79 Å². The Morgan fingerprint density at radius 1 is 1.12 bits per heavy atom. The highest BCUT2D eigenvalue weighted by Gasteiger charge is 2.19. The van der Waals surface area contributed by atoms with E-state index in [1.54, 1.807) is 11.2 Å². The van der Waals surface area contributed by atoms with Gasteiger partial charge in [-0.25, -0.2) is 9.97 Å². The van der Waals surface area contributed by atoms with Crippen LogP contribution in [0.1, 0.15) is 19.4 Å². The molecule has 0 saturated carbocycles. The number of carbonyl (C=O) groups is 1. The zero-order valence-electron chi connectivity index (χ0n) is 14.9. The van der Waals surface area contributed by atoms with Gasteiger partial charge in [0.15, 0.2) is 0 Å². The van der Waals surface area contributed by atoms with Crippen molar-refractivity contribution in [3.8, 4) is 0 Å². The van der Waals surface area contributed by atoms with Crippen molar-refractivity contribution >= 4 is 18.0 Å². The molecule has 0 atom stereocenters. The molecule has 0 radical (unpaired) electrons. The van der Waals surface area contributed by atoms with Crippen LogP contribution >= 0.6 is 0 Å². The van der Waals surface area contributed by atoms with Crippen molar-refractivity contribution < 1.29 is 4.79 Å². The summed E-state index contributed by atoms with van der Waals surface area (Å²) in [7, 11) is 0. The first-order valence-corrected chi connectivity index (χ1v) is 8.74. The van der Waals surface area contributed by atoms with Crippen molar-refractivity contribution in [3.05, 3.63) is 48.3 Å². The van der Waals surface area contributed by atoms with Crippen LogP contribution in [0, 0.1) is 0 Å². The van der Waals surface area contributed by atoms with Crippen molar-refractivity contribution in [2.24, 2.45) is 0 Å². The van der Waals surface area contributed by atoms with Crippen LogP contribution < -0.4 is 9.80 Å². The topological polar surface area (TPSA) is 52.6 Å². The summed E-state index contributed by atoms with van der Waals surface area (Å²) in [6, 6.07) is 12.8. The lowest BCUT2D eigenvalue weighted by atomic mass is 10.2. The normalized spacial score (nSPS) is 14.7. The van der Waals surface area contributed by atoms with E-state index in [2.05, 4.69) is 63.9 Å². The van der Waals surface area contributed by atoms with Crippen LogP contribution in [0.25, 0.3) is 0 Å². The van der Waals surface area contributed by atoms with Gasteiger partial charge in [0.1, 0.15) is 18.0 Å². The molecular formula is C19H25N5O. The number of aromatic nitrogens is 2. The zero-order chi connectivity index (χ0) is 17.6. The third kappa shape index (κ3) is 4.26. The van der Waals surface area contributed by atoms with E-state index in [4.69, 9.17) is 0 Å². The molecule has 0 spiro atoms. The summed E-state index contributed by atoms with van der Waals surface area (Å²) in [6.07, 6.45) is 2.56. The number of hydrogen-bond acceptors (Lipinski definition) is 5. The Morgan fingerprint density at radius 2 is 1.84 bits per heavy atom. The largest absolute Gasteiger partial charge is 0.353 e. The van der Waals surface area contributed by atoms with Crippen molar-refractivity contribution in [2.75, 3.05) is 36.0 Å². The smallest absolute Gasteiger partial charge is 0.209 e. The molecule has 1 aliphatic heterocycles. The molecular weight excluding hydrogens is 314 g/mol. The number of hydrogen-bond donors (Lipinski definition) is 0. The maximum absolute atomic E-state index is 10.9. The zero-order valence-corrected chi connectivity index (χ0v) is 14.9. The number of benzene rings is 1. The Morgan fingerprint density at radius 3 is 2.48 bits per heavy atom. The molecule has 1 aromatic carbocycles. The van der Waals surface area contributed by atoms with Crippen LogP contribution in [0.4, 0.5) is 11.6 Å². The predicted octanol–water partition coefficient (Wildman–Crippen LogP) is 2.17. The standard InChI is InChI=1S/C19H25N5O/c1-16(2)24(13-17-6-4-3-5-7-17)19-12-18(20-14-21-19)23-10-8-22(15-25)9-11-23/h3-7,12,14-16H,8-11,13H2,1-2H3. The van der Waals surface area contributed by atoms with Gasteiger partial charge in [0.05, 0.1) is 0 Å². The number of rotatable bonds is 6. The highest BCUT2D eigenvalue weighted by molar-refractivity contribution is 5.53. The van der Waals surface area contributed by atoms with Crippen LogP contribution in [-0.2, 0) is 11.3 Å². The summed E-state index contributed by atoms with van der Waals surface area (Å²) in [5, 5.41) is 0. The summed E-state index contributed by atoms with van der Waals surface area (Å²) < 4.78 is 0. The van der Waals surface area contributed by atoms with Gasteiger partial charge in [-0.15, -0.1) is 0 Å². The second-order valence-electron chi connectivity index (χ2n) is 6.57. The fourth-order valence-corrected chi connectivity index (χ4v) is 3.03. The summed E-state index contributed by atoms with van der Waals surface area (Å²) in [6.45, 7) is 8.24. The first-order chi connectivity index (χ1) is 12.2. The molecule has 1 aliphatic rings. The molecule has 6 nitrogen and oxygen atoms in total. The minimum absolute atomic E-state index is 0.329. The van der Waals surface area contributed by atoms with E-state index in [0.29, 0.717) is 6.04 Å². The molecule has 1 aromatic heterocycles. The van der Waals surface area contributed by atoms with E-state index in [9.17, 15) is 4.79 Å². The molecule has 1 saturated heterocycles. The van der Waals surface area contributed by atoms with Crippen LogP contribution in [0.15, 0.2) is 42.7 Å². The molecule has 132 valence electrons. The number of piperazine rings is 1. The van der Waals surface area contributed by atoms with Gasteiger partial charge >= 0.3 is 0 Å². The summed E-state index contributed by atoms with van der Waals surface area (Å²) >= 11 is 0. The first-order valence-electron chi connectivity index (χ1n) is 8.74. The Hall–Kier alpha value is -2.63. The monoisotopic (exact) mass is 339 g/mol. The first kappa shape index (κ1) is 17.2. The molecule has 3 rings (SSSR count). The third-order valence-electron chi connectivity index (χ3n) is 4.54. The van der Waals surface area contributed by atoms with Crippen molar-refractivity contribution in [1.82, 2.24) is 14.9 Å². The molecule has 6 heteroatoms. The lowest BCUT2D eigenvalue weighted by Crippen LogP contribution is -2.46. The van der Waals surface area contributed by atoms with Crippen molar-refractivity contribution in [3.63, 3.8) is 0 Å². The van der Waals surface area contributed by atoms with E-state index in [-0.39, 0.29) is 0 Å². The Balaban J connectivity index is 1.77. The summed E-state index contributed by atoms with van der Waals surface area (Å²) in [5.41, 5.74) is 1.26. The van der Waals surface area contributed by atoms with Crippen molar-refractivity contribution in [2.45, 2.75) is 26.4 Å². The van der Waals surface area contributed by atoms with E-state index in [0.717, 1.165) is 50.8 Å². The molecule has 1 fully saturated rings. The average molecular weight is 339 g/mol. The Labute approximate surface area is 149 Å². The minimum atomic E-state index is 0.329. The molecule has 0 unspecified atom stereocenters. The summed E-state index contributed by atoms with van der Waals surface area (Å²) in [5.74, 6) is 1.86. The second kappa shape index (κ2) is 7.96. The van der Waals surface area contributed by atoms with Gasteiger partial charge in [-0.2, -0.15) is 0 Å². The Bertz CT molecular complexity index is 683. The molecule has 0 N–H and O–H groups in total. The quantitative estimate of drug-likeness (QED) is 0.755. The van der Waals surface area contributed by atoms with Crippen LogP contribution in [0.3, 0.4) is 0 Å². The highest BCUT2D eigenvalue weighted by atomic mass is 16.1. The molecule has 2 aromatic rings. The van der Waals surface area contributed by atoms with Gasteiger partial charge in [0.2, 0.25) is 6.41 Å². The molecule has 0 aliphatic carbocycles. The van der Waals surface area contributed by atoms with E-state index in [1.807, 2.05) is 6.07 Å². The number of anilines is 2. The van der Waals surface area contributed by atoms with Gasteiger partial charge in [-0.1, -0.05) is 30.3 Å². The van der Waals surface area contributed by atoms with E-state index >= 15 is 0 Å². The van der Waals surface area contributed by atoms with Gasteiger partial charge < -0.3 is 14.7 Å². The average Bonchev–Trinajstić information content (AvgIpc) is 2.67. The SMILES string of the molecule is CC(C)N(Cc1ccccc1)c1cc(N2CCN(C=O)CC2)ncn1.